The maximum Gasteiger partial charge on any atom is 0.228 e. The van der Waals surface area contributed by atoms with E-state index < -0.39 is 0 Å². The molecule has 2 bridgehead atoms. The van der Waals surface area contributed by atoms with Crippen LogP contribution in [-0.2, 0) is 11.2 Å². The number of morpholine rings is 1. The van der Waals surface area contributed by atoms with Crippen LogP contribution in [0.25, 0.3) is 11.3 Å². The highest BCUT2D eigenvalue weighted by Gasteiger charge is 2.61. The number of nitrogens with two attached hydrogens (primary N) is 1. The van der Waals surface area contributed by atoms with Crippen molar-refractivity contribution in [1.29, 1.82) is 0 Å². The molecule has 0 radical (unpaired) electrons. The predicted molar refractivity (Wildman–Crippen MR) is 102 cm³/mol. The van der Waals surface area contributed by atoms with Crippen molar-refractivity contribution in [3.63, 3.8) is 0 Å². The van der Waals surface area contributed by atoms with E-state index in [1.807, 2.05) is 0 Å². The molecule has 2 aromatic rings. The summed E-state index contributed by atoms with van der Waals surface area (Å²) in [5, 5.41) is 0. The maximum atomic E-state index is 5.69. The number of hydrogen-bond acceptors (Lipinski definition) is 8. The van der Waals surface area contributed by atoms with Gasteiger partial charge in [-0.2, -0.15) is 4.98 Å². The van der Waals surface area contributed by atoms with Gasteiger partial charge in [0.1, 0.15) is 5.82 Å². The first-order chi connectivity index (χ1) is 13.2. The molecule has 0 amide bonds. The standard InChI is InChI=1S/C19H23N7O/c20-17-21-10-13(11-22-17)15-14-1-2-26(19-7-12(8-19)9-19)16(14)24-18(23-15)25-3-5-27-6-4-25/h10-12H,1-9H2,(H2,20,21,22). The zero-order valence-electron chi connectivity index (χ0n) is 15.3. The topological polar surface area (TPSA) is 93.3 Å². The van der Waals surface area contributed by atoms with E-state index in [0.717, 1.165) is 68.2 Å². The first-order valence-electron chi connectivity index (χ1n) is 9.81. The molecule has 4 fully saturated rings. The SMILES string of the molecule is Nc1ncc(-c2nc(N3CCOCC3)nc3c2CCN3C23CC(C2)C3)cn1. The van der Waals surface area contributed by atoms with Gasteiger partial charge in [-0.3, -0.25) is 0 Å². The second-order valence-electron chi connectivity index (χ2n) is 8.21. The maximum absolute atomic E-state index is 5.69. The third-order valence-electron chi connectivity index (χ3n) is 6.63. The molecule has 3 aliphatic carbocycles. The predicted octanol–water partition coefficient (Wildman–Crippen LogP) is 1.27. The smallest absolute Gasteiger partial charge is 0.228 e. The number of hydrogen-bond donors (Lipinski definition) is 1. The van der Waals surface area contributed by atoms with Gasteiger partial charge in [-0.1, -0.05) is 0 Å². The fourth-order valence-corrected chi connectivity index (χ4v) is 5.07. The molecule has 27 heavy (non-hydrogen) atoms. The molecule has 0 atom stereocenters. The first kappa shape index (κ1) is 15.6. The summed E-state index contributed by atoms with van der Waals surface area (Å²) in [7, 11) is 0. The van der Waals surface area contributed by atoms with Gasteiger partial charge < -0.3 is 20.3 Å². The van der Waals surface area contributed by atoms with Gasteiger partial charge in [0.15, 0.2) is 0 Å². The Bertz CT molecular complexity index is 877. The monoisotopic (exact) mass is 365 g/mol. The van der Waals surface area contributed by atoms with Crippen LogP contribution in [0.15, 0.2) is 12.4 Å². The number of nitrogens with zero attached hydrogens (tertiary/aromatic N) is 6. The Balaban J connectivity index is 1.47. The van der Waals surface area contributed by atoms with E-state index in [1.165, 1.54) is 24.8 Å². The largest absolute Gasteiger partial charge is 0.378 e. The molecular formula is C19H23N7O. The summed E-state index contributed by atoms with van der Waals surface area (Å²) in [4.78, 5) is 23.2. The molecule has 0 unspecified atom stereocenters. The summed E-state index contributed by atoms with van der Waals surface area (Å²) in [6.07, 6.45) is 8.50. The minimum Gasteiger partial charge on any atom is -0.378 e. The van der Waals surface area contributed by atoms with E-state index >= 15 is 0 Å². The van der Waals surface area contributed by atoms with Crippen molar-refractivity contribution in [2.45, 2.75) is 31.2 Å². The van der Waals surface area contributed by atoms with Gasteiger partial charge in [-0.05, 0) is 31.6 Å². The summed E-state index contributed by atoms with van der Waals surface area (Å²) in [5.41, 5.74) is 9.15. The highest BCUT2D eigenvalue weighted by molar-refractivity contribution is 5.73. The fraction of sp³-hybridized carbons (Fsp3) is 0.579. The van der Waals surface area contributed by atoms with Crippen LogP contribution in [0.2, 0.25) is 0 Å². The van der Waals surface area contributed by atoms with Crippen LogP contribution in [0.4, 0.5) is 17.7 Å². The zero-order chi connectivity index (χ0) is 18.0. The molecule has 2 N–H and O–H groups in total. The third-order valence-corrected chi connectivity index (χ3v) is 6.63. The molecule has 2 aromatic heterocycles. The van der Waals surface area contributed by atoms with Crippen LogP contribution < -0.4 is 15.5 Å². The van der Waals surface area contributed by atoms with Gasteiger partial charge in [0, 0.05) is 48.7 Å². The lowest BCUT2D eigenvalue weighted by Crippen LogP contribution is -2.68. The van der Waals surface area contributed by atoms with Crippen molar-refractivity contribution >= 4 is 17.7 Å². The number of anilines is 3. The molecule has 8 nitrogen and oxygen atoms in total. The number of aromatic nitrogens is 4. The molecule has 4 heterocycles. The third kappa shape index (κ3) is 2.25. The van der Waals surface area contributed by atoms with Crippen LogP contribution >= 0.6 is 0 Å². The highest BCUT2D eigenvalue weighted by Crippen LogP contribution is 2.62. The Morgan fingerprint density at radius 2 is 1.78 bits per heavy atom. The van der Waals surface area contributed by atoms with Crippen molar-refractivity contribution in [2.24, 2.45) is 5.92 Å². The Labute approximate surface area is 157 Å². The van der Waals surface area contributed by atoms with Crippen molar-refractivity contribution < 1.29 is 4.74 Å². The van der Waals surface area contributed by atoms with E-state index in [-0.39, 0.29) is 5.95 Å². The van der Waals surface area contributed by atoms with Gasteiger partial charge in [0.25, 0.3) is 0 Å². The van der Waals surface area contributed by atoms with Crippen LogP contribution in [0.5, 0.6) is 0 Å². The van der Waals surface area contributed by atoms with E-state index in [4.69, 9.17) is 20.4 Å². The Kier molecular flexibility index (Phi) is 3.18. The summed E-state index contributed by atoms with van der Waals surface area (Å²) in [6, 6.07) is 0. The van der Waals surface area contributed by atoms with Gasteiger partial charge in [-0.15, -0.1) is 0 Å². The zero-order valence-corrected chi connectivity index (χ0v) is 15.3. The van der Waals surface area contributed by atoms with Crippen molar-refractivity contribution in [3.8, 4) is 11.3 Å². The summed E-state index contributed by atoms with van der Waals surface area (Å²) < 4.78 is 5.51. The fourth-order valence-electron chi connectivity index (χ4n) is 5.07. The molecule has 5 aliphatic rings. The second-order valence-corrected chi connectivity index (χ2v) is 8.21. The van der Waals surface area contributed by atoms with Crippen LogP contribution in [0, 0.1) is 5.92 Å². The molecule has 1 saturated heterocycles. The molecule has 0 spiro atoms. The second kappa shape index (κ2) is 5.51. The lowest BCUT2D eigenvalue weighted by Gasteiger charge is -2.66. The van der Waals surface area contributed by atoms with Crippen LogP contribution in [0.3, 0.4) is 0 Å². The normalized spacial score (nSPS) is 28.5. The van der Waals surface area contributed by atoms with E-state index in [9.17, 15) is 0 Å². The Morgan fingerprint density at radius 1 is 1.04 bits per heavy atom. The molecular weight excluding hydrogens is 342 g/mol. The lowest BCUT2D eigenvalue weighted by atomic mass is 9.49. The average Bonchev–Trinajstić information content (AvgIpc) is 3.04. The van der Waals surface area contributed by atoms with E-state index in [1.54, 1.807) is 12.4 Å². The van der Waals surface area contributed by atoms with E-state index in [2.05, 4.69) is 19.8 Å². The first-order valence-corrected chi connectivity index (χ1v) is 9.81. The Hall–Kier alpha value is -2.48. The number of fused-ring (bicyclic) bond motifs is 1. The average molecular weight is 365 g/mol. The van der Waals surface area contributed by atoms with E-state index in [0.29, 0.717) is 5.54 Å². The number of rotatable bonds is 3. The quantitative estimate of drug-likeness (QED) is 0.869. The van der Waals surface area contributed by atoms with Gasteiger partial charge in [0.05, 0.1) is 18.9 Å². The van der Waals surface area contributed by atoms with Crippen molar-refractivity contribution in [1.82, 2.24) is 19.9 Å². The van der Waals surface area contributed by atoms with Crippen LogP contribution in [0.1, 0.15) is 24.8 Å². The number of ether oxygens (including phenoxy) is 1. The Morgan fingerprint density at radius 3 is 2.44 bits per heavy atom. The minimum absolute atomic E-state index is 0.286. The summed E-state index contributed by atoms with van der Waals surface area (Å²) in [5.74, 6) is 3.15. The van der Waals surface area contributed by atoms with Gasteiger partial charge in [0.2, 0.25) is 11.9 Å². The van der Waals surface area contributed by atoms with Crippen molar-refractivity contribution in [3.05, 3.63) is 18.0 Å². The number of nitrogen functional groups attached to an aromatic ring is 1. The summed E-state index contributed by atoms with van der Waals surface area (Å²) in [6.45, 7) is 4.12. The molecule has 8 heteroatoms. The molecule has 140 valence electrons. The van der Waals surface area contributed by atoms with Gasteiger partial charge >= 0.3 is 0 Å². The molecule has 7 rings (SSSR count). The van der Waals surface area contributed by atoms with Crippen molar-refractivity contribution in [2.75, 3.05) is 48.4 Å². The minimum atomic E-state index is 0.286. The van der Waals surface area contributed by atoms with Gasteiger partial charge in [-0.25, -0.2) is 15.0 Å². The molecule has 2 aliphatic heterocycles. The molecule has 3 saturated carbocycles. The lowest BCUT2D eigenvalue weighted by molar-refractivity contribution is -0.0238. The summed E-state index contributed by atoms with van der Waals surface area (Å²) >= 11 is 0. The highest BCUT2D eigenvalue weighted by atomic mass is 16.5. The van der Waals surface area contributed by atoms with Crippen LogP contribution in [-0.4, -0.2) is 58.3 Å². The molecule has 0 aromatic carbocycles.